The van der Waals surface area contributed by atoms with Crippen molar-refractivity contribution in [1.82, 2.24) is 15.5 Å². The molecule has 6 heteroatoms. The van der Waals surface area contributed by atoms with E-state index in [0.717, 1.165) is 25.8 Å². The first kappa shape index (κ1) is 12.0. The van der Waals surface area contributed by atoms with Crippen molar-refractivity contribution in [2.24, 2.45) is 0 Å². The summed E-state index contributed by atoms with van der Waals surface area (Å²) in [6.07, 6.45) is 4.47. The molecule has 1 unspecified atom stereocenters. The van der Waals surface area contributed by atoms with Gasteiger partial charge >= 0.3 is 5.97 Å². The predicted molar refractivity (Wildman–Crippen MR) is 59.5 cm³/mol. The summed E-state index contributed by atoms with van der Waals surface area (Å²) >= 11 is 0. The molecule has 0 spiro atoms. The maximum Gasteiger partial charge on any atom is 0.379 e. The quantitative estimate of drug-likeness (QED) is 0.804. The number of hydrogen-bond donors (Lipinski definition) is 1. The van der Waals surface area contributed by atoms with Gasteiger partial charge in [0, 0.05) is 0 Å². The summed E-state index contributed by atoms with van der Waals surface area (Å²) < 4.78 is 9.91. The van der Waals surface area contributed by atoms with Crippen molar-refractivity contribution in [3.63, 3.8) is 0 Å². The van der Waals surface area contributed by atoms with Gasteiger partial charge in [0.05, 0.1) is 12.6 Å². The lowest BCUT2D eigenvalue weighted by atomic mass is 10.1. The second kappa shape index (κ2) is 5.77. The van der Waals surface area contributed by atoms with E-state index in [-0.39, 0.29) is 11.9 Å². The van der Waals surface area contributed by atoms with E-state index >= 15 is 0 Å². The second-order valence-electron chi connectivity index (χ2n) is 4.03. The summed E-state index contributed by atoms with van der Waals surface area (Å²) in [6.45, 7) is 3.00. The first-order valence-corrected chi connectivity index (χ1v) is 6.05. The number of ether oxygens (including phenoxy) is 1. The molecule has 1 aromatic heterocycles. The molecule has 1 aromatic rings. The molecule has 1 fully saturated rings. The summed E-state index contributed by atoms with van der Waals surface area (Å²) in [5.74, 6) is -0.0426. The Balaban J connectivity index is 2.03. The number of nitrogens with one attached hydrogen (secondary N) is 1. The minimum atomic E-state index is -0.531. The Bertz CT molecular complexity index is 370. The van der Waals surface area contributed by atoms with Crippen molar-refractivity contribution in [3.8, 4) is 0 Å². The third-order valence-corrected chi connectivity index (χ3v) is 2.76. The van der Waals surface area contributed by atoms with Crippen LogP contribution < -0.4 is 5.32 Å². The van der Waals surface area contributed by atoms with Gasteiger partial charge in [0.15, 0.2) is 0 Å². The van der Waals surface area contributed by atoms with Gasteiger partial charge in [-0.15, -0.1) is 0 Å². The van der Waals surface area contributed by atoms with Gasteiger partial charge < -0.3 is 14.6 Å². The average molecular weight is 239 g/mol. The maximum absolute atomic E-state index is 11.4. The molecule has 0 saturated carbocycles. The summed E-state index contributed by atoms with van der Waals surface area (Å²) in [6, 6.07) is 0.0631. The lowest BCUT2D eigenvalue weighted by molar-refractivity contribution is 0.0508. The summed E-state index contributed by atoms with van der Waals surface area (Å²) in [5, 5.41) is 6.97. The number of esters is 1. The van der Waals surface area contributed by atoms with Crippen LogP contribution in [0.15, 0.2) is 4.52 Å². The van der Waals surface area contributed by atoms with E-state index in [2.05, 4.69) is 15.5 Å². The van der Waals surface area contributed by atoms with Crippen LogP contribution >= 0.6 is 0 Å². The van der Waals surface area contributed by atoms with E-state index in [1.54, 1.807) is 6.92 Å². The number of aromatic nitrogens is 2. The molecule has 17 heavy (non-hydrogen) atoms. The van der Waals surface area contributed by atoms with Crippen LogP contribution in [0.3, 0.4) is 0 Å². The molecular weight excluding hydrogens is 222 g/mol. The molecule has 2 rings (SSSR count). The van der Waals surface area contributed by atoms with Crippen LogP contribution in [0.25, 0.3) is 0 Å². The molecule has 0 amide bonds. The van der Waals surface area contributed by atoms with Gasteiger partial charge in [0.2, 0.25) is 5.89 Å². The molecule has 1 saturated heterocycles. The zero-order valence-corrected chi connectivity index (χ0v) is 9.94. The third-order valence-electron chi connectivity index (χ3n) is 2.76. The van der Waals surface area contributed by atoms with Gasteiger partial charge in [0.1, 0.15) is 0 Å². The monoisotopic (exact) mass is 239 g/mol. The number of carbonyl (C=O) groups excluding carboxylic acids is 1. The fourth-order valence-corrected chi connectivity index (χ4v) is 1.89. The SMILES string of the molecule is CCOC(=O)c1noc(C2CCCCCN2)n1. The standard InChI is InChI=1S/C11H17N3O3/c1-2-16-11(15)9-13-10(17-14-9)8-6-4-3-5-7-12-8/h8,12H,2-7H2,1H3. The summed E-state index contributed by atoms with van der Waals surface area (Å²) in [4.78, 5) is 15.5. The average Bonchev–Trinajstić information content (AvgIpc) is 2.66. The minimum Gasteiger partial charge on any atom is -0.460 e. The van der Waals surface area contributed by atoms with Gasteiger partial charge in [-0.1, -0.05) is 12.8 Å². The van der Waals surface area contributed by atoms with Crippen LogP contribution in [-0.2, 0) is 4.74 Å². The van der Waals surface area contributed by atoms with Crippen molar-refractivity contribution in [2.45, 2.75) is 38.6 Å². The van der Waals surface area contributed by atoms with Crippen LogP contribution in [0.2, 0.25) is 0 Å². The van der Waals surface area contributed by atoms with Gasteiger partial charge in [-0.3, -0.25) is 0 Å². The topological polar surface area (TPSA) is 77.2 Å². The first-order valence-electron chi connectivity index (χ1n) is 6.05. The molecule has 6 nitrogen and oxygen atoms in total. The van der Waals surface area contributed by atoms with E-state index in [1.807, 2.05) is 0 Å². The first-order chi connectivity index (χ1) is 8.31. The molecule has 0 aliphatic carbocycles. The zero-order chi connectivity index (χ0) is 12.1. The van der Waals surface area contributed by atoms with Gasteiger partial charge in [0.25, 0.3) is 5.82 Å². The molecule has 0 bridgehead atoms. The van der Waals surface area contributed by atoms with Gasteiger partial charge in [-0.2, -0.15) is 4.98 Å². The lowest BCUT2D eigenvalue weighted by Gasteiger charge is -2.09. The highest BCUT2D eigenvalue weighted by atomic mass is 16.5. The molecular formula is C11H17N3O3. The highest BCUT2D eigenvalue weighted by Gasteiger charge is 2.22. The Kier molecular flexibility index (Phi) is 4.08. The normalized spacial score (nSPS) is 20.9. The van der Waals surface area contributed by atoms with E-state index in [1.165, 1.54) is 6.42 Å². The molecule has 94 valence electrons. The Hall–Kier alpha value is -1.43. The van der Waals surface area contributed by atoms with E-state index < -0.39 is 5.97 Å². The zero-order valence-electron chi connectivity index (χ0n) is 9.94. The summed E-state index contributed by atoms with van der Waals surface area (Å²) in [7, 11) is 0. The van der Waals surface area contributed by atoms with Gasteiger partial charge in [-0.25, -0.2) is 4.79 Å². The Morgan fingerprint density at radius 1 is 1.53 bits per heavy atom. The van der Waals surface area contributed by atoms with Crippen molar-refractivity contribution < 1.29 is 14.1 Å². The van der Waals surface area contributed by atoms with Crippen molar-refractivity contribution in [2.75, 3.05) is 13.2 Å². The number of hydrogen-bond acceptors (Lipinski definition) is 6. The number of carbonyl (C=O) groups is 1. The third kappa shape index (κ3) is 3.03. The molecule has 2 heterocycles. The molecule has 1 atom stereocenters. The second-order valence-corrected chi connectivity index (χ2v) is 4.03. The molecule has 1 aliphatic rings. The summed E-state index contributed by atoms with van der Waals surface area (Å²) in [5.41, 5.74) is 0. The van der Waals surface area contributed by atoms with Crippen LogP contribution in [0.1, 0.15) is 55.2 Å². The molecule has 1 aliphatic heterocycles. The lowest BCUT2D eigenvalue weighted by Crippen LogP contribution is -2.20. The van der Waals surface area contributed by atoms with Crippen LogP contribution in [0, 0.1) is 0 Å². The van der Waals surface area contributed by atoms with Crippen molar-refractivity contribution in [3.05, 3.63) is 11.7 Å². The van der Waals surface area contributed by atoms with Gasteiger partial charge in [-0.05, 0) is 31.5 Å². The van der Waals surface area contributed by atoms with E-state index in [0.29, 0.717) is 12.5 Å². The maximum atomic E-state index is 11.4. The molecule has 0 aromatic carbocycles. The largest absolute Gasteiger partial charge is 0.460 e. The fourth-order valence-electron chi connectivity index (χ4n) is 1.89. The van der Waals surface area contributed by atoms with Crippen molar-refractivity contribution >= 4 is 5.97 Å². The fraction of sp³-hybridized carbons (Fsp3) is 0.727. The molecule has 0 radical (unpaired) electrons. The highest BCUT2D eigenvalue weighted by molar-refractivity contribution is 5.84. The Morgan fingerprint density at radius 3 is 3.24 bits per heavy atom. The van der Waals surface area contributed by atoms with Crippen LogP contribution in [-0.4, -0.2) is 29.3 Å². The van der Waals surface area contributed by atoms with Crippen molar-refractivity contribution in [1.29, 1.82) is 0 Å². The predicted octanol–water partition coefficient (Wildman–Crippen LogP) is 1.45. The Labute approximate surface area is 99.7 Å². The minimum absolute atomic E-state index is 0.00731. The van der Waals surface area contributed by atoms with Crippen LogP contribution in [0.4, 0.5) is 0 Å². The van der Waals surface area contributed by atoms with E-state index in [9.17, 15) is 4.79 Å². The smallest absolute Gasteiger partial charge is 0.379 e. The number of rotatable bonds is 3. The van der Waals surface area contributed by atoms with E-state index in [4.69, 9.17) is 9.26 Å². The molecule has 1 N–H and O–H groups in total. The Morgan fingerprint density at radius 2 is 2.41 bits per heavy atom. The number of nitrogens with zero attached hydrogens (tertiary/aromatic N) is 2. The highest BCUT2D eigenvalue weighted by Crippen LogP contribution is 2.21. The van der Waals surface area contributed by atoms with Crippen LogP contribution in [0.5, 0.6) is 0 Å².